The summed E-state index contributed by atoms with van der Waals surface area (Å²) in [4.78, 5) is 28.1. The zero-order valence-corrected chi connectivity index (χ0v) is 15.9. The molecule has 2 amide bonds. The van der Waals surface area contributed by atoms with Crippen LogP contribution in [0.1, 0.15) is 18.9 Å². The lowest BCUT2D eigenvalue weighted by atomic mass is 10.1. The van der Waals surface area contributed by atoms with Crippen molar-refractivity contribution in [1.29, 1.82) is 0 Å². The highest BCUT2D eigenvalue weighted by Gasteiger charge is 2.18. The summed E-state index contributed by atoms with van der Waals surface area (Å²) in [6, 6.07) is 5.67. The lowest BCUT2D eigenvalue weighted by Crippen LogP contribution is -2.42. The van der Waals surface area contributed by atoms with Crippen LogP contribution >= 0.6 is 0 Å². The Morgan fingerprint density at radius 1 is 1.31 bits per heavy atom. The first-order chi connectivity index (χ1) is 12.5. The molecule has 0 aromatic heterocycles. The Kier molecular flexibility index (Phi) is 7.87. The first kappa shape index (κ1) is 20.2. The van der Waals surface area contributed by atoms with Crippen LogP contribution < -0.4 is 15.0 Å². The van der Waals surface area contributed by atoms with Crippen molar-refractivity contribution in [2.75, 3.05) is 57.9 Å². The molecule has 1 aromatic carbocycles. The van der Waals surface area contributed by atoms with Crippen molar-refractivity contribution in [1.82, 2.24) is 10.2 Å². The van der Waals surface area contributed by atoms with Gasteiger partial charge >= 0.3 is 0 Å². The van der Waals surface area contributed by atoms with E-state index < -0.39 is 0 Å². The number of hydrogen-bond acceptors (Lipinski definition) is 5. The molecule has 1 N–H and O–H groups in total. The van der Waals surface area contributed by atoms with Gasteiger partial charge in [0.2, 0.25) is 11.8 Å². The first-order valence-electron chi connectivity index (χ1n) is 9.01. The smallest absolute Gasteiger partial charge is 0.223 e. The van der Waals surface area contributed by atoms with Gasteiger partial charge in [0.25, 0.3) is 0 Å². The van der Waals surface area contributed by atoms with Gasteiger partial charge in [-0.15, -0.1) is 0 Å². The summed E-state index contributed by atoms with van der Waals surface area (Å²) in [5.41, 5.74) is 1.73. The number of ether oxygens (including phenoxy) is 2. The Morgan fingerprint density at radius 3 is 2.69 bits per heavy atom. The Hall–Kier alpha value is -2.12. The number of amides is 2. The summed E-state index contributed by atoms with van der Waals surface area (Å²) in [5.74, 6) is 0.449. The number of hydrogen-bond donors (Lipinski definition) is 1. The fourth-order valence-corrected chi connectivity index (χ4v) is 2.94. The predicted octanol–water partition coefficient (Wildman–Crippen LogP) is 1.20. The van der Waals surface area contributed by atoms with Crippen molar-refractivity contribution in [3.05, 3.63) is 23.8 Å². The van der Waals surface area contributed by atoms with E-state index in [4.69, 9.17) is 9.47 Å². The van der Waals surface area contributed by atoms with E-state index in [2.05, 4.69) is 10.2 Å². The molecule has 0 radical (unpaired) electrons. The minimum atomic E-state index is -0.116. The molecule has 1 aliphatic heterocycles. The molecule has 0 saturated carbocycles. The Balaban J connectivity index is 1.85. The van der Waals surface area contributed by atoms with E-state index in [0.717, 1.165) is 38.4 Å². The van der Waals surface area contributed by atoms with Crippen LogP contribution in [0.4, 0.5) is 5.69 Å². The second kappa shape index (κ2) is 10.1. The normalized spacial score (nSPS) is 14.7. The van der Waals surface area contributed by atoms with Crippen LogP contribution in [0.2, 0.25) is 0 Å². The van der Waals surface area contributed by atoms with Crippen LogP contribution in [0.5, 0.6) is 5.75 Å². The van der Waals surface area contributed by atoms with E-state index in [1.54, 1.807) is 12.0 Å². The van der Waals surface area contributed by atoms with Crippen LogP contribution in [-0.2, 0) is 14.3 Å². The molecule has 0 unspecified atom stereocenters. The van der Waals surface area contributed by atoms with Crippen molar-refractivity contribution in [2.24, 2.45) is 0 Å². The van der Waals surface area contributed by atoms with Crippen molar-refractivity contribution in [3.8, 4) is 5.75 Å². The molecule has 7 nitrogen and oxygen atoms in total. The average molecular weight is 363 g/mol. The summed E-state index contributed by atoms with van der Waals surface area (Å²) < 4.78 is 10.7. The second-order valence-electron chi connectivity index (χ2n) is 6.40. The number of methoxy groups -OCH3 is 1. The van der Waals surface area contributed by atoms with Gasteiger partial charge in [-0.05, 0) is 24.6 Å². The van der Waals surface area contributed by atoms with Gasteiger partial charge in [-0.1, -0.05) is 6.07 Å². The van der Waals surface area contributed by atoms with Crippen LogP contribution in [0, 0.1) is 6.92 Å². The highest BCUT2D eigenvalue weighted by atomic mass is 16.5. The third kappa shape index (κ3) is 6.00. The van der Waals surface area contributed by atoms with E-state index in [9.17, 15) is 9.59 Å². The SMILES string of the molecule is COc1ccc(C)cc1N(CCC(=O)NCCN1CCOCC1)C(C)=O. The fourth-order valence-electron chi connectivity index (χ4n) is 2.94. The van der Waals surface area contributed by atoms with Crippen LogP contribution in [0.15, 0.2) is 18.2 Å². The molecule has 1 saturated heterocycles. The maximum atomic E-state index is 12.1. The van der Waals surface area contributed by atoms with Gasteiger partial charge in [-0.3, -0.25) is 14.5 Å². The van der Waals surface area contributed by atoms with Crippen molar-refractivity contribution in [3.63, 3.8) is 0 Å². The lowest BCUT2D eigenvalue weighted by Gasteiger charge is -2.26. The molecule has 1 aliphatic rings. The number of aryl methyl sites for hydroxylation is 1. The number of anilines is 1. The van der Waals surface area contributed by atoms with Gasteiger partial charge in [-0.25, -0.2) is 0 Å². The zero-order chi connectivity index (χ0) is 18.9. The molecule has 2 rings (SSSR count). The summed E-state index contributed by atoms with van der Waals surface area (Å²) >= 11 is 0. The number of nitrogens with one attached hydrogen (secondary N) is 1. The number of carbonyl (C=O) groups is 2. The molecule has 0 aliphatic carbocycles. The third-order valence-electron chi connectivity index (χ3n) is 4.42. The van der Waals surface area contributed by atoms with E-state index in [0.29, 0.717) is 24.5 Å². The first-order valence-corrected chi connectivity index (χ1v) is 9.01. The standard InChI is InChI=1S/C19H29N3O4/c1-15-4-5-18(25-3)17(14-15)22(16(2)23)8-6-19(24)20-7-9-21-10-12-26-13-11-21/h4-5,14H,6-13H2,1-3H3,(H,20,24). The predicted molar refractivity (Wildman–Crippen MR) is 101 cm³/mol. The van der Waals surface area contributed by atoms with E-state index >= 15 is 0 Å². The Bertz CT molecular complexity index is 615. The summed E-state index contributed by atoms with van der Waals surface area (Å²) in [6.45, 7) is 8.50. The van der Waals surface area contributed by atoms with Gasteiger partial charge in [0, 0.05) is 46.1 Å². The van der Waals surface area contributed by atoms with E-state index in [1.165, 1.54) is 6.92 Å². The third-order valence-corrected chi connectivity index (χ3v) is 4.42. The monoisotopic (exact) mass is 363 g/mol. The molecule has 1 heterocycles. The summed E-state index contributed by atoms with van der Waals surface area (Å²) in [6.07, 6.45) is 0.250. The molecule has 0 spiro atoms. The van der Waals surface area contributed by atoms with Gasteiger partial charge < -0.3 is 19.7 Å². The molecular weight excluding hydrogens is 334 g/mol. The van der Waals surface area contributed by atoms with Gasteiger partial charge in [0.1, 0.15) is 5.75 Å². The molecule has 1 fully saturated rings. The molecule has 0 atom stereocenters. The van der Waals surface area contributed by atoms with E-state index in [1.807, 2.05) is 25.1 Å². The lowest BCUT2D eigenvalue weighted by molar-refractivity contribution is -0.121. The van der Waals surface area contributed by atoms with Crippen LogP contribution in [0.3, 0.4) is 0 Å². The maximum absolute atomic E-state index is 12.1. The molecule has 1 aromatic rings. The number of morpholine rings is 1. The zero-order valence-electron chi connectivity index (χ0n) is 15.9. The maximum Gasteiger partial charge on any atom is 0.223 e. The topological polar surface area (TPSA) is 71.1 Å². The van der Waals surface area contributed by atoms with E-state index in [-0.39, 0.29) is 18.2 Å². The van der Waals surface area contributed by atoms with Gasteiger partial charge in [0.15, 0.2) is 0 Å². The fraction of sp³-hybridized carbons (Fsp3) is 0.579. The van der Waals surface area contributed by atoms with Gasteiger partial charge in [0.05, 0.1) is 26.0 Å². The van der Waals surface area contributed by atoms with Crippen LogP contribution in [-0.4, -0.2) is 69.8 Å². The largest absolute Gasteiger partial charge is 0.495 e. The number of carbonyl (C=O) groups excluding carboxylic acids is 2. The number of nitrogens with zero attached hydrogens (tertiary/aromatic N) is 2. The van der Waals surface area contributed by atoms with Crippen molar-refractivity contribution < 1.29 is 19.1 Å². The summed E-state index contributed by atoms with van der Waals surface area (Å²) in [5, 5.41) is 2.93. The quantitative estimate of drug-likeness (QED) is 0.751. The van der Waals surface area contributed by atoms with Crippen molar-refractivity contribution >= 4 is 17.5 Å². The van der Waals surface area contributed by atoms with Gasteiger partial charge in [-0.2, -0.15) is 0 Å². The molecular formula is C19H29N3O4. The number of rotatable bonds is 8. The molecule has 144 valence electrons. The molecule has 26 heavy (non-hydrogen) atoms. The Labute approximate surface area is 155 Å². The minimum absolute atomic E-state index is 0.0591. The molecule has 0 bridgehead atoms. The number of benzene rings is 1. The highest BCUT2D eigenvalue weighted by Crippen LogP contribution is 2.29. The van der Waals surface area contributed by atoms with Crippen LogP contribution in [0.25, 0.3) is 0 Å². The minimum Gasteiger partial charge on any atom is -0.495 e. The molecule has 7 heteroatoms. The highest BCUT2D eigenvalue weighted by molar-refractivity contribution is 5.94. The summed E-state index contributed by atoms with van der Waals surface area (Å²) in [7, 11) is 1.57. The second-order valence-corrected chi connectivity index (χ2v) is 6.40. The Morgan fingerprint density at radius 2 is 2.04 bits per heavy atom. The average Bonchev–Trinajstić information content (AvgIpc) is 2.63. The van der Waals surface area contributed by atoms with Crippen molar-refractivity contribution in [2.45, 2.75) is 20.3 Å².